The maximum Gasteiger partial charge on any atom is 0.269 e. The van der Waals surface area contributed by atoms with Gasteiger partial charge < -0.3 is 5.11 Å². The molecule has 0 aromatic carbocycles. The highest BCUT2D eigenvalue weighted by atomic mass is 16.7. The summed E-state index contributed by atoms with van der Waals surface area (Å²) in [7, 11) is 2.98. The lowest BCUT2D eigenvalue weighted by molar-refractivity contribution is -0.162. The van der Waals surface area contributed by atoms with Crippen LogP contribution in [0.1, 0.15) is 20.3 Å². The monoisotopic (exact) mass is 201 g/mol. The van der Waals surface area contributed by atoms with E-state index >= 15 is 0 Å². The van der Waals surface area contributed by atoms with Crippen molar-refractivity contribution in [2.24, 2.45) is 5.92 Å². The number of aliphatic hydroxyl groups excluding tert-OH is 1. The summed E-state index contributed by atoms with van der Waals surface area (Å²) in [4.78, 5) is 15.9. The van der Waals surface area contributed by atoms with Gasteiger partial charge in [-0.25, -0.2) is 5.06 Å². The molecular formula is C10H19NO3. The molecule has 0 spiro atoms. The molecule has 4 heteroatoms. The number of likely N-dealkylation sites (N-methyl/N-ethyl adjacent to an activating group) is 1. The van der Waals surface area contributed by atoms with E-state index in [9.17, 15) is 9.90 Å². The molecule has 0 bridgehead atoms. The smallest absolute Gasteiger partial charge is 0.269 e. The molecule has 0 saturated carbocycles. The normalized spacial score (nSPS) is 15.5. The van der Waals surface area contributed by atoms with Crippen LogP contribution < -0.4 is 0 Å². The minimum Gasteiger partial charge on any atom is -0.393 e. The molecule has 0 saturated heterocycles. The molecule has 0 unspecified atom stereocenters. The van der Waals surface area contributed by atoms with E-state index in [-0.39, 0.29) is 17.9 Å². The minimum absolute atomic E-state index is 0.159. The Hall–Kier alpha value is -0.870. The van der Waals surface area contributed by atoms with E-state index in [1.165, 1.54) is 13.2 Å². The Balaban J connectivity index is 3.89. The zero-order chi connectivity index (χ0) is 11.1. The van der Waals surface area contributed by atoms with Crippen molar-refractivity contribution < 1.29 is 14.7 Å². The van der Waals surface area contributed by atoms with Gasteiger partial charge in [0.15, 0.2) is 0 Å². The fraction of sp³-hybridized carbons (Fsp3) is 0.700. The van der Waals surface area contributed by atoms with Crippen LogP contribution in [0.2, 0.25) is 0 Å². The summed E-state index contributed by atoms with van der Waals surface area (Å²) in [6.07, 6.45) is 3.52. The van der Waals surface area contributed by atoms with Crippen LogP contribution >= 0.6 is 0 Å². The summed E-state index contributed by atoms with van der Waals surface area (Å²) in [5, 5.41) is 10.3. The average molecular weight is 201 g/mol. The number of hydroxylamine groups is 2. The van der Waals surface area contributed by atoms with Crippen LogP contribution in [0.25, 0.3) is 0 Å². The first-order chi connectivity index (χ1) is 6.49. The summed E-state index contributed by atoms with van der Waals surface area (Å²) in [5.74, 6) is -0.0443. The molecule has 0 aromatic rings. The highest BCUT2D eigenvalue weighted by Crippen LogP contribution is 2.07. The van der Waals surface area contributed by atoms with Gasteiger partial charge in [-0.15, -0.1) is 0 Å². The standard InChI is InChI=1S/C10H19NO3/c1-8(9(2)12)6-5-7-10(13)11(3)14-4/h5,7-9,12H,6H2,1-4H3/b7-5+/t8-,9+/m1/s1. The molecule has 0 fully saturated rings. The second-order valence-electron chi connectivity index (χ2n) is 3.37. The number of hydrogen-bond donors (Lipinski definition) is 1. The van der Waals surface area contributed by atoms with Crippen molar-refractivity contribution in [3.05, 3.63) is 12.2 Å². The van der Waals surface area contributed by atoms with Crippen LogP contribution in [0.5, 0.6) is 0 Å². The quantitative estimate of drug-likeness (QED) is 0.532. The predicted octanol–water partition coefficient (Wildman–Crippen LogP) is 0.969. The van der Waals surface area contributed by atoms with Gasteiger partial charge in [0.2, 0.25) is 0 Å². The number of hydrogen-bond acceptors (Lipinski definition) is 3. The highest BCUT2D eigenvalue weighted by Gasteiger charge is 2.07. The van der Waals surface area contributed by atoms with E-state index in [0.29, 0.717) is 6.42 Å². The number of allylic oxidation sites excluding steroid dienone is 1. The van der Waals surface area contributed by atoms with E-state index in [4.69, 9.17) is 4.84 Å². The van der Waals surface area contributed by atoms with E-state index in [0.717, 1.165) is 5.06 Å². The molecule has 82 valence electrons. The first kappa shape index (κ1) is 13.1. The average Bonchev–Trinajstić information content (AvgIpc) is 2.15. The van der Waals surface area contributed by atoms with Crippen molar-refractivity contribution in [3.63, 3.8) is 0 Å². The molecule has 0 aliphatic carbocycles. The molecule has 2 atom stereocenters. The van der Waals surface area contributed by atoms with Crippen LogP contribution in [0.3, 0.4) is 0 Å². The Morgan fingerprint density at radius 1 is 1.57 bits per heavy atom. The Morgan fingerprint density at radius 3 is 2.57 bits per heavy atom. The largest absolute Gasteiger partial charge is 0.393 e. The predicted molar refractivity (Wildman–Crippen MR) is 54.4 cm³/mol. The number of nitrogens with zero attached hydrogens (tertiary/aromatic N) is 1. The molecule has 1 N–H and O–H groups in total. The molecule has 0 aromatic heterocycles. The second-order valence-corrected chi connectivity index (χ2v) is 3.37. The Bertz CT molecular complexity index is 202. The van der Waals surface area contributed by atoms with Gasteiger partial charge in [0.1, 0.15) is 0 Å². The van der Waals surface area contributed by atoms with Crippen molar-refractivity contribution in [1.82, 2.24) is 5.06 Å². The van der Waals surface area contributed by atoms with Gasteiger partial charge in [0, 0.05) is 13.1 Å². The number of aliphatic hydroxyl groups is 1. The van der Waals surface area contributed by atoms with Gasteiger partial charge in [0.25, 0.3) is 5.91 Å². The number of rotatable bonds is 5. The summed E-state index contributed by atoms with van der Waals surface area (Å²) in [5.41, 5.74) is 0. The third kappa shape index (κ3) is 4.99. The number of amides is 1. The molecule has 4 nitrogen and oxygen atoms in total. The Morgan fingerprint density at radius 2 is 2.14 bits per heavy atom. The zero-order valence-corrected chi connectivity index (χ0v) is 9.23. The number of carbonyl (C=O) groups excluding carboxylic acids is 1. The summed E-state index contributed by atoms with van der Waals surface area (Å²) >= 11 is 0. The zero-order valence-electron chi connectivity index (χ0n) is 9.23. The van der Waals surface area contributed by atoms with Crippen molar-refractivity contribution in [2.75, 3.05) is 14.2 Å². The fourth-order valence-electron chi connectivity index (χ4n) is 0.775. The topological polar surface area (TPSA) is 49.8 Å². The highest BCUT2D eigenvalue weighted by molar-refractivity contribution is 5.86. The van der Waals surface area contributed by atoms with Gasteiger partial charge in [-0.3, -0.25) is 9.63 Å². The summed E-state index contributed by atoms with van der Waals surface area (Å²) < 4.78 is 0. The van der Waals surface area contributed by atoms with Gasteiger partial charge in [-0.1, -0.05) is 13.0 Å². The number of carbonyl (C=O) groups is 1. The van der Waals surface area contributed by atoms with Gasteiger partial charge in [-0.2, -0.15) is 0 Å². The molecule has 0 aliphatic heterocycles. The molecule has 1 amide bonds. The first-order valence-electron chi connectivity index (χ1n) is 4.65. The summed E-state index contributed by atoms with van der Waals surface area (Å²) in [6, 6.07) is 0. The lowest BCUT2D eigenvalue weighted by Crippen LogP contribution is -2.23. The maximum atomic E-state index is 11.2. The lowest BCUT2D eigenvalue weighted by atomic mass is 10.0. The van der Waals surface area contributed by atoms with E-state index in [2.05, 4.69) is 0 Å². The van der Waals surface area contributed by atoms with E-state index < -0.39 is 0 Å². The van der Waals surface area contributed by atoms with Crippen LogP contribution in [-0.2, 0) is 9.63 Å². The van der Waals surface area contributed by atoms with Crippen LogP contribution in [0.15, 0.2) is 12.2 Å². The lowest BCUT2D eigenvalue weighted by Gasteiger charge is -2.12. The van der Waals surface area contributed by atoms with Crippen molar-refractivity contribution in [3.8, 4) is 0 Å². The van der Waals surface area contributed by atoms with Crippen molar-refractivity contribution in [2.45, 2.75) is 26.4 Å². The Kier molecular flexibility index (Phi) is 6.16. The Labute approximate surface area is 85.1 Å². The van der Waals surface area contributed by atoms with Crippen molar-refractivity contribution >= 4 is 5.91 Å². The fourth-order valence-corrected chi connectivity index (χ4v) is 0.775. The van der Waals surface area contributed by atoms with Gasteiger partial charge >= 0.3 is 0 Å². The second kappa shape index (κ2) is 6.56. The van der Waals surface area contributed by atoms with Gasteiger partial charge in [-0.05, 0) is 19.3 Å². The third-order valence-electron chi connectivity index (χ3n) is 2.18. The first-order valence-corrected chi connectivity index (χ1v) is 4.65. The molecule has 14 heavy (non-hydrogen) atoms. The molecule has 0 heterocycles. The minimum atomic E-state index is -0.352. The molecule has 0 aliphatic rings. The summed E-state index contributed by atoms with van der Waals surface area (Å²) in [6.45, 7) is 3.67. The van der Waals surface area contributed by atoms with Crippen LogP contribution in [0.4, 0.5) is 0 Å². The molecular weight excluding hydrogens is 182 g/mol. The van der Waals surface area contributed by atoms with Crippen LogP contribution in [0, 0.1) is 5.92 Å². The van der Waals surface area contributed by atoms with Gasteiger partial charge in [0.05, 0.1) is 13.2 Å². The van der Waals surface area contributed by atoms with E-state index in [1.54, 1.807) is 20.0 Å². The molecule has 0 rings (SSSR count). The third-order valence-corrected chi connectivity index (χ3v) is 2.18. The van der Waals surface area contributed by atoms with Crippen molar-refractivity contribution in [1.29, 1.82) is 0 Å². The van der Waals surface area contributed by atoms with E-state index in [1.807, 2.05) is 6.92 Å². The molecule has 0 radical (unpaired) electrons. The van der Waals surface area contributed by atoms with Crippen LogP contribution in [-0.4, -0.2) is 36.3 Å². The SMILES string of the molecule is CON(C)C(=O)/C=C/C[C@@H](C)[C@H](C)O. The maximum absolute atomic E-state index is 11.2.